The fraction of sp³-hybridized carbons (Fsp3) is 0.438. The fourth-order valence-electron chi connectivity index (χ4n) is 2.18. The molecule has 0 fully saturated rings. The van der Waals surface area contributed by atoms with Gasteiger partial charge in [0.1, 0.15) is 6.26 Å². The first kappa shape index (κ1) is 16.2. The van der Waals surface area contributed by atoms with Crippen molar-refractivity contribution in [3.05, 3.63) is 36.1 Å². The Morgan fingerprint density at radius 1 is 1.23 bits per heavy atom. The molecule has 1 heterocycles. The Hall–Kier alpha value is -2.21. The first-order valence-corrected chi connectivity index (χ1v) is 6.98. The van der Waals surface area contributed by atoms with Gasteiger partial charge in [0, 0.05) is 11.0 Å². The second kappa shape index (κ2) is 5.88. The van der Waals surface area contributed by atoms with Gasteiger partial charge >= 0.3 is 0 Å². The summed E-state index contributed by atoms with van der Waals surface area (Å²) in [7, 11) is 3.09. The zero-order chi connectivity index (χ0) is 16.4. The molecule has 1 atom stereocenters. The number of rotatable bonds is 4. The molecule has 0 spiro atoms. The average molecular weight is 306 g/mol. The molecule has 1 aromatic carbocycles. The first-order valence-electron chi connectivity index (χ1n) is 6.98. The topological polar surface area (TPSA) is 68.8 Å². The number of ether oxygens (including phenoxy) is 2. The van der Waals surface area contributed by atoms with Gasteiger partial charge in [-0.25, -0.2) is 0 Å². The van der Waals surface area contributed by atoms with Gasteiger partial charge in [0.25, 0.3) is 5.91 Å². The summed E-state index contributed by atoms with van der Waals surface area (Å²) in [4.78, 5) is 17.7. The van der Waals surface area contributed by atoms with Gasteiger partial charge in [-0.3, -0.25) is 4.79 Å². The summed E-state index contributed by atoms with van der Waals surface area (Å²) in [6, 6.07) is 5.03. The highest BCUT2D eigenvalue weighted by Crippen LogP contribution is 2.33. The van der Waals surface area contributed by atoms with Crippen LogP contribution in [0.3, 0.4) is 0 Å². The van der Waals surface area contributed by atoms with E-state index in [1.165, 1.54) is 13.4 Å². The van der Waals surface area contributed by atoms with E-state index in [1.54, 1.807) is 31.4 Å². The maximum absolute atomic E-state index is 12.6. The maximum atomic E-state index is 12.6. The molecule has 0 aliphatic carbocycles. The number of carbonyl (C=O) groups excluding carboxylic acids is 1. The summed E-state index contributed by atoms with van der Waals surface area (Å²) >= 11 is 0. The fourth-order valence-corrected chi connectivity index (χ4v) is 2.18. The molecular formula is C16H22N2O4. The third-order valence-electron chi connectivity index (χ3n) is 3.75. The summed E-state index contributed by atoms with van der Waals surface area (Å²) in [5, 5.41) is 2.98. The van der Waals surface area contributed by atoms with Gasteiger partial charge in [-0.05, 0) is 24.3 Å². The number of amides is 1. The van der Waals surface area contributed by atoms with Crippen LogP contribution >= 0.6 is 0 Å². The predicted molar refractivity (Wildman–Crippen MR) is 82.6 cm³/mol. The van der Waals surface area contributed by atoms with Gasteiger partial charge in [0.05, 0.1) is 14.2 Å². The minimum absolute atomic E-state index is 0.237. The van der Waals surface area contributed by atoms with Crippen molar-refractivity contribution in [3.63, 3.8) is 0 Å². The molecule has 120 valence electrons. The standard InChI is InChI=1S/C16H22N2O4/c1-15(2,3)16(8-9-22-18-16)17-14(19)11-6-7-12(20-4)13(10-11)21-5/h6-10,18H,1-5H3,(H,17,19)/t16-/m0/s1. The minimum atomic E-state index is -0.781. The van der Waals surface area contributed by atoms with Gasteiger partial charge in [0.2, 0.25) is 0 Å². The van der Waals surface area contributed by atoms with E-state index >= 15 is 0 Å². The average Bonchev–Trinajstić information content (AvgIpc) is 2.96. The molecule has 0 radical (unpaired) electrons. The molecule has 0 bridgehead atoms. The maximum Gasteiger partial charge on any atom is 0.253 e. The van der Waals surface area contributed by atoms with Crippen LogP contribution in [0.15, 0.2) is 30.5 Å². The number of carbonyl (C=O) groups is 1. The van der Waals surface area contributed by atoms with Crippen LogP contribution in [-0.2, 0) is 4.84 Å². The van der Waals surface area contributed by atoms with Gasteiger partial charge < -0.3 is 19.6 Å². The summed E-state index contributed by atoms with van der Waals surface area (Å²) in [5.41, 5.74) is 2.27. The third kappa shape index (κ3) is 2.87. The lowest BCUT2D eigenvalue weighted by molar-refractivity contribution is 0.0188. The van der Waals surface area contributed by atoms with Crippen LogP contribution in [-0.4, -0.2) is 25.8 Å². The molecule has 1 aromatic rings. The Labute approximate surface area is 130 Å². The van der Waals surface area contributed by atoms with Crippen LogP contribution in [0.4, 0.5) is 0 Å². The van der Waals surface area contributed by atoms with Crippen molar-refractivity contribution < 1.29 is 19.1 Å². The van der Waals surface area contributed by atoms with Gasteiger partial charge in [-0.2, -0.15) is 0 Å². The van der Waals surface area contributed by atoms with E-state index in [1.807, 2.05) is 20.8 Å². The lowest BCUT2D eigenvalue weighted by atomic mass is 9.80. The zero-order valence-corrected chi connectivity index (χ0v) is 13.5. The Bertz CT molecular complexity index is 592. The highest BCUT2D eigenvalue weighted by molar-refractivity contribution is 5.95. The van der Waals surface area contributed by atoms with E-state index in [-0.39, 0.29) is 11.3 Å². The Morgan fingerprint density at radius 2 is 1.91 bits per heavy atom. The smallest absolute Gasteiger partial charge is 0.253 e. The summed E-state index contributed by atoms with van der Waals surface area (Å²) in [5.74, 6) is 0.844. The summed E-state index contributed by atoms with van der Waals surface area (Å²) in [6.07, 6.45) is 3.33. The SMILES string of the molecule is COc1ccc(C(=O)N[C@@]2(C(C)(C)C)C=CON2)cc1OC. The summed E-state index contributed by atoms with van der Waals surface area (Å²) < 4.78 is 10.4. The van der Waals surface area contributed by atoms with Crippen LogP contribution in [0.2, 0.25) is 0 Å². The molecule has 6 heteroatoms. The number of hydrogen-bond donors (Lipinski definition) is 2. The molecular weight excluding hydrogens is 284 g/mol. The van der Waals surface area contributed by atoms with Crippen LogP contribution in [0.5, 0.6) is 11.5 Å². The summed E-state index contributed by atoms with van der Waals surface area (Å²) in [6.45, 7) is 6.02. The molecule has 0 aromatic heterocycles. The lowest BCUT2D eigenvalue weighted by Crippen LogP contribution is -2.62. The molecule has 1 aliphatic heterocycles. The van der Waals surface area contributed by atoms with Crippen LogP contribution in [0, 0.1) is 5.41 Å². The van der Waals surface area contributed by atoms with Crippen molar-refractivity contribution in [2.75, 3.05) is 14.2 Å². The van der Waals surface area contributed by atoms with Crippen LogP contribution < -0.4 is 20.3 Å². The number of nitrogens with one attached hydrogen (secondary N) is 2. The van der Waals surface area contributed by atoms with Gasteiger partial charge in [-0.15, -0.1) is 5.48 Å². The van der Waals surface area contributed by atoms with Gasteiger partial charge in [-0.1, -0.05) is 20.8 Å². The van der Waals surface area contributed by atoms with E-state index in [0.29, 0.717) is 17.1 Å². The van der Waals surface area contributed by atoms with Crippen molar-refractivity contribution in [3.8, 4) is 11.5 Å². The molecule has 6 nitrogen and oxygen atoms in total. The number of hydrogen-bond acceptors (Lipinski definition) is 5. The molecule has 1 aliphatic rings. The highest BCUT2D eigenvalue weighted by Gasteiger charge is 2.44. The molecule has 22 heavy (non-hydrogen) atoms. The molecule has 0 saturated carbocycles. The first-order chi connectivity index (χ1) is 10.3. The second-order valence-corrected chi connectivity index (χ2v) is 6.10. The Balaban J connectivity index is 2.27. The predicted octanol–water partition coefficient (Wildman–Crippen LogP) is 2.22. The van der Waals surface area contributed by atoms with Crippen LogP contribution in [0.25, 0.3) is 0 Å². The van der Waals surface area contributed by atoms with Gasteiger partial charge in [0.15, 0.2) is 17.2 Å². The molecule has 0 saturated heterocycles. The van der Waals surface area contributed by atoms with E-state index < -0.39 is 5.66 Å². The van der Waals surface area contributed by atoms with E-state index in [0.717, 1.165) is 0 Å². The molecule has 1 amide bonds. The van der Waals surface area contributed by atoms with Crippen LogP contribution in [0.1, 0.15) is 31.1 Å². The number of hydroxylamine groups is 1. The molecule has 2 N–H and O–H groups in total. The normalized spacial score (nSPS) is 20.4. The monoisotopic (exact) mass is 306 g/mol. The Kier molecular flexibility index (Phi) is 4.32. The lowest BCUT2D eigenvalue weighted by Gasteiger charge is -2.39. The van der Waals surface area contributed by atoms with Crippen molar-refractivity contribution >= 4 is 5.91 Å². The van der Waals surface area contributed by atoms with Crippen molar-refractivity contribution in [1.29, 1.82) is 0 Å². The second-order valence-electron chi connectivity index (χ2n) is 6.10. The quantitative estimate of drug-likeness (QED) is 0.893. The highest BCUT2D eigenvalue weighted by atomic mass is 16.6. The zero-order valence-electron chi connectivity index (χ0n) is 13.5. The van der Waals surface area contributed by atoms with E-state index in [2.05, 4.69) is 10.8 Å². The molecule has 2 rings (SSSR count). The minimum Gasteiger partial charge on any atom is -0.493 e. The third-order valence-corrected chi connectivity index (χ3v) is 3.75. The number of methoxy groups -OCH3 is 2. The number of benzene rings is 1. The van der Waals surface area contributed by atoms with E-state index in [4.69, 9.17) is 14.3 Å². The van der Waals surface area contributed by atoms with Crippen molar-refractivity contribution in [1.82, 2.24) is 10.8 Å². The van der Waals surface area contributed by atoms with Crippen molar-refractivity contribution in [2.24, 2.45) is 5.41 Å². The van der Waals surface area contributed by atoms with E-state index in [9.17, 15) is 4.79 Å². The Morgan fingerprint density at radius 3 is 2.41 bits per heavy atom. The molecule has 0 unspecified atom stereocenters. The largest absolute Gasteiger partial charge is 0.493 e. The van der Waals surface area contributed by atoms with Crippen molar-refractivity contribution in [2.45, 2.75) is 26.4 Å².